The zero-order valence-corrected chi connectivity index (χ0v) is 27.0. The Bertz CT molecular complexity index is 514. The van der Waals surface area contributed by atoms with Crippen LogP contribution in [0.4, 0.5) is 0 Å². The monoisotopic (exact) mass is 825 g/mol. The molecule has 0 fully saturated rings. The van der Waals surface area contributed by atoms with Crippen molar-refractivity contribution in [3.05, 3.63) is 0 Å². The summed E-state index contributed by atoms with van der Waals surface area (Å²) in [7, 11) is -4.61. The summed E-state index contributed by atoms with van der Waals surface area (Å²) in [6, 6.07) is 0. The molecule has 0 bridgehead atoms. The molecule has 0 amide bonds. The summed E-state index contributed by atoms with van der Waals surface area (Å²) in [6.45, 7) is 1.65. The van der Waals surface area contributed by atoms with Crippen LogP contribution in [0, 0.1) is 5.41 Å². The third-order valence-electron chi connectivity index (χ3n) is 3.01. The van der Waals surface area contributed by atoms with Crippen LogP contribution in [-0.2, 0) is 18.1 Å². The number of halogens is 13. The SMILES string of the molecule is CC(CCl)(CCl)C(Br)OP(=O)(OC(Br)C(Cl)(Cl)C(Cl)Cl)OC(Br)C(Cl)(Cl)C(Cl)Cl. The first-order valence-electron chi connectivity index (χ1n) is 6.91. The highest BCUT2D eigenvalue weighted by Gasteiger charge is 2.51. The quantitative estimate of drug-likeness (QED) is 0.137. The van der Waals surface area contributed by atoms with E-state index in [0.717, 1.165) is 0 Å². The molecule has 3 atom stereocenters. The van der Waals surface area contributed by atoms with Crippen LogP contribution in [0.15, 0.2) is 0 Å². The molecule has 0 heterocycles. The van der Waals surface area contributed by atoms with Gasteiger partial charge in [-0.25, -0.2) is 4.57 Å². The average Bonchev–Trinajstić information content (AvgIpc) is 2.59. The van der Waals surface area contributed by atoms with Crippen molar-refractivity contribution < 1.29 is 18.1 Å². The second kappa shape index (κ2) is 13.7. The highest BCUT2D eigenvalue weighted by molar-refractivity contribution is 9.10. The molecular formula is C11H12Br3Cl10O4P. The first kappa shape index (κ1) is 33.4. The first-order chi connectivity index (χ1) is 12.9. The van der Waals surface area contributed by atoms with Gasteiger partial charge in [-0.05, 0) is 0 Å². The van der Waals surface area contributed by atoms with E-state index in [2.05, 4.69) is 47.8 Å². The van der Waals surface area contributed by atoms with Gasteiger partial charge in [-0.3, -0.25) is 13.6 Å². The molecular weight excluding hydrogens is 821 g/mol. The van der Waals surface area contributed by atoms with E-state index in [0.29, 0.717) is 0 Å². The van der Waals surface area contributed by atoms with Gasteiger partial charge in [0, 0.05) is 17.2 Å². The fourth-order valence-electron chi connectivity index (χ4n) is 1.04. The summed E-state index contributed by atoms with van der Waals surface area (Å²) in [6.07, 6.45) is 0. The van der Waals surface area contributed by atoms with E-state index in [9.17, 15) is 4.57 Å². The van der Waals surface area contributed by atoms with Crippen LogP contribution in [-0.4, -0.2) is 45.1 Å². The molecule has 0 aliphatic carbocycles. The largest absolute Gasteiger partial charge is 0.478 e. The van der Waals surface area contributed by atoms with Crippen LogP contribution in [0.2, 0.25) is 0 Å². The molecule has 0 saturated carbocycles. The second-order valence-corrected chi connectivity index (χ2v) is 15.2. The Kier molecular flexibility index (Phi) is 15.8. The minimum atomic E-state index is -4.61. The summed E-state index contributed by atoms with van der Waals surface area (Å²) in [4.78, 5) is -2.73. The molecule has 0 spiro atoms. The Morgan fingerprint density at radius 1 is 0.759 bits per heavy atom. The fraction of sp³-hybridized carbons (Fsp3) is 1.00. The zero-order valence-electron chi connectivity index (χ0n) is 13.8. The van der Waals surface area contributed by atoms with Gasteiger partial charge in [-0.1, -0.05) is 101 Å². The van der Waals surface area contributed by atoms with E-state index in [1.807, 2.05) is 0 Å². The van der Waals surface area contributed by atoms with Gasteiger partial charge in [0.25, 0.3) is 0 Å². The fourth-order valence-corrected chi connectivity index (χ4v) is 7.58. The number of phosphoric acid groups is 1. The van der Waals surface area contributed by atoms with Crippen molar-refractivity contribution in [1.29, 1.82) is 0 Å². The normalized spacial score (nSPS) is 19.3. The lowest BCUT2D eigenvalue weighted by Gasteiger charge is -2.36. The lowest BCUT2D eigenvalue weighted by Crippen LogP contribution is -2.39. The molecule has 0 aromatic carbocycles. The molecule has 3 unspecified atom stereocenters. The highest BCUT2D eigenvalue weighted by atomic mass is 79.9. The minimum absolute atomic E-state index is 0.0165. The average molecular weight is 833 g/mol. The van der Waals surface area contributed by atoms with Crippen LogP contribution in [0.25, 0.3) is 0 Å². The summed E-state index contributed by atoms with van der Waals surface area (Å²) in [5.74, 6) is 0.0331. The maximum atomic E-state index is 13.4. The molecule has 0 rings (SSSR count). The van der Waals surface area contributed by atoms with Crippen molar-refractivity contribution in [2.24, 2.45) is 5.41 Å². The van der Waals surface area contributed by atoms with Crippen LogP contribution in [0.5, 0.6) is 0 Å². The predicted octanol–water partition coefficient (Wildman–Crippen LogP) is 9.75. The molecule has 0 aliphatic rings. The molecule has 0 saturated heterocycles. The summed E-state index contributed by atoms with van der Waals surface area (Å²) in [5.41, 5.74) is -0.907. The standard InChI is InChI=1S/C11H12Br3Cl10O4P/c1-9(2-15,3-16)4(12)26-29(25,27-5(13)10(21,22)7(17)18)28-6(14)11(23,24)8(19)20/h4-8H,2-3H2,1H3. The van der Waals surface area contributed by atoms with Crippen molar-refractivity contribution in [2.75, 3.05) is 11.8 Å². The smallest absolute Gasteiger partial charge is 0.271 e. The highest BCUT2D eigenvalue weighted by Crippen LogP contribution is 2.61. The van der Waals surface area contributed by atoms with Crippen LogP contribution in [0.3, 0.4) is 0 Å². The lowest BCUT2D eigenvalue weighted by atomic mass is 9.98. The first-order valence-corrected chi connectivity index (χ1v) is 15.4. The van der Waals surface area contributed by atoms with E-state index in [1.54, 1.807) is 6.92 Å². The van der Waals surface area contributed by atoms with E-state index < -0.39 is 46.6 Å². The number of hydrogen-bond acceptors (Lipinski definition) is 4. The van der Waals surface area contributed by atoms with Gasteiger partial charge >= 0.3 is 7.82 Å². The van der Waals surface area contributed by atoms with Gasteiger partial charge < -0.3 is 0 Å². The Morgan fingerprint density at radius 2 is 1.03 bits per heavy atom. The Hall–Kier alpha value is 4.45. The van der Waals surface area contributed by atoms with Gasteiger partial charge in [-0.2, -0.15) is 0 Å². The number of alkyl halides is 13. The topological polar surface area (TPSA) is 44.8 Å². The molecule has 0 aromatic heterocycles. The summed E-state index contributed by atoms with van der Waals surface area (Å²) >= 11 is 68.1. The van der Waals surface area contributed by atoms with Crippen LogP contribution in [0.1, 0.15) is 6.92 Å². The number of rotatable bonds is 13. The van der Waals surface area contributed by atoms with E-state index in [4.69, 9.17) is 130 Å². The Morgan fingerprint density at radius 3 is 1.28 bits per heavy atom. The number of hydrogen-bond donors (Lipinski definition) is 0. The van der Waals surface area contributed by atoms with Gasteiger partial charge in [0.1, 0.15) is 14.7 Å². The lowest BCUT2D eigenvalue weighted by molar-refractivity contribution is 0.0626. The van der Waals surface area contributed by atoms with Crippen molar-refractivity contribution >= 4 is 172 Å². The van der Waals surface area contributed by atoms with E-state index >= 15 is 0 Å². The van der Waals surface area contributed by atoms with E-state index in [1.165, 1.54) is 0 Å². The third kappa shape index (κ3) is 9.79. The van der Waals surface area contributed by atoms with Gasteiger partial charge in [0.15, 0.2) is 18.7 Å². The van der Waals surface area contributed by atoms with Crippen LogP contribution >= 0.6 is 172 Å². The molecule has 0 aliphatic heterocycles. The molecule has 0 aromatic rings. The molecule has 0 N–H and O–H groups in total. The number of phosphoric ester groups is 1. The molecule has 4 nitrogen and oxygen atoms in total. The van der Waals surface area contributed by atoms with E-state index in [-0.39, 0.29) is 11.8 Å². The van der Waals surface area contributed by atoms with Crippen molar-refractivity contribution in [3.8, 4) is 0 Å². The van der Waals surface area contributed by atoms with Crippen molar-refractivity contribution in [1.82, 2.24) is 0 Å². The molecule has 29 heavy (non-hydrogen) atoms. The summed E-state index contributed by atoms with van der Waals surface area (Å²) < 4.78 is 25.6. The maximum Gasteiger partial charge on any atom is 0.478 e. The minimum Gasteiger partial charge on any atom is -0.271 e. The van der Waals surface area contributed by atoms with Gasteiger partial charge in [0.2, 0.25) is 0 Å². The third-order valence-corrected chi connectivity index (χ3v) is 14.6. The molecule has 18 heteroatoms. The zero-order chi connectivity index (χ0) is 23.4. The predicted molar refractivity (Wildman–Crippen MR) is 138 cm³/mol. The summed E-state index contributed by atoms with van der Waals surface area (Å²) in [5, 5.41) is -3.95. The van der Waals surface area contributed by atoms with Gasteiger partial charge in [-0.15, -0.1) is 69.6 Å². The van der Waals surface area contributed by atoms with Crippen LogP contribution < -0.4 is 0 Å². The molecule has 176 valence electrons. The van der Waals surface area contributed by atoms with Crippen molar-refractivity contribution in [3.63, 3.8) is 0 Å². The van der Waals surface area contributed by atoms with Crippen molar-refractivity contribution in [2.45, 2.75) is 40.3 Å². The molecule has 0 radical (unpaired) electrons. The Labute approximate surface area is 244 Å². The Balaban J connectivity index is 5.90. The van der Waals surface area contributed by atoms with Gasteiger partial charge in [0.05, 0.1) is 0 Å². The maximum absolute atomic E-state index is 13.4. The second-order valence-electron chi connectivity index (χ2n) is 5.58.